The Bertz CT molecular complexity index is 1260. The molecule has 0 spiro atoms. The maximum atomic E-state index is 12.7. The first-order chi connectivity index (χ1) is 14.3. The maximum absolute atomic E-state index is 12.7. The van der Waals surface area contributed by atoms with E-state index in [1.54, 1.807) is 18.4 Å². The summed E-state index contributed by atoms with van der Waals surface area (Å²) in [6, 6.07) is 18.7. The van der Waals surface area contributed by atoms with Crippen molar-refractivity contribution >= 4 is 33.1 Å². The van der Waals surface area contributed by atoms with Gasteiger partial charge in [0.2, 0.25) is 11.7 Å². The number of hydrogen-bond donors (Lipinski definition) is 1. The molecule has 0 bridgehead atoms. The molecule has 8 heteroatoms. The van der Waals surface area contributed by atoms with Crippen LogP contribution in [0, 0.1) is 0 Å². The summed E-state index contributed by atoms with van der Waals surface area (Å²) in [4.78, 5) is 21.5. The van der Waals surface area contributed by atoms with Crippen LogP contribution in [0.5, 0.6) is 0 Å². The zero-order valence-electron chi connectivity index (χ0n) is 15.0. The van der Waals surface area contributed by atoms with Gasteiger partial charge in [0.1, 0.15) is 0 Å². The third-order valence-corrected chi connectivity index (χ3v) is 5.34. The molecule has 7 nitrogen and oxygen atoms in total. The first-order valence-corrected chi connectivity index (χ1v) is 9.69. The Morgan fingerprint density at radius 1 is 1.00 bits per heavy atom. The first kappa shape index (κ1) is 17.3. The monoisotopic (exact) mass is 402 g/mol. The SMILES string of the molecule is O=C(Nc1ccccc1Cc1nc(-c2ccco2)no1)c1nc2ccccc2s1. The van der Waals surface area contributed by atoms with E-state index in [-0.39, 0.29) is 5.91 Å². The van der Waals surface area contributed by atoms with Gasteiger partial charge >= 0.3 is 0 Å². The fourth-order valence-corrected chi connectivity index (χ4v) is 3.80. The normalized spacial score (nSPS) is 11.0. The van der Waals surface area contributed by atoms with Crippen LogP contribution < -0.4 is 5.32 Å². The van der Waals surface area contributed by atoms with Crippen molar-refractivity contribution in [1.29, 1.82) is 0 Å². The Kier molecular flexibility index (Phi) is 4.38. The molecule has 3 aromatic heterocycles. The van der Waals surface area contributed by atoms with Gasteiger partial charge in [-0.25, -0.2) is 4.98 Å². The van der Waals surface area contributed by atoms with Crippen molar-refractivity contribution in [2.75, 3.05) is 5.32 Å². The number of carbonyl (C=O) groups is 1. The molecule has 0 fully saturated rings. The largest absolute Gasteiger partial charge is 0.461 e. The van der Waals surface area contributed by atoms with Gasteiger partial charge in [-0.3, -0.25) is 4.79 Å². The number of aromatic nitrogens is 3. The van der Waals surface area contributed by atoms with E-state index in [1.165, 1.54) is 11.3 Å². The molecule has 0 aliphatic heterocycles. The molecule has 0 aliphatic rings. The number of para-hydroxylation sites is 2. The van der Waals surface area contributed by atoms with Crippen LogP contribution in [-0.4, -0.2) is 21.0 Å². The molecule has 3 heterocycles. The Labute approximate surface area is 169 Å². The zero-order chi connectivity index (χ0) is 19.6. The number of fused-ring (bicyclic) bond motifs is 1. The minimum absolute atomic E-state index is 0.250. The van der Waals surface area contributed by atoms with Crippen molar-refractivity contribution in [3.63, 3.8) is 0 Å². The standard InChI is InChI=1S/C21H14N4O3S/c26-20(21-23-15-8-3-4-10-17(15)29-21)22-14-7-2-1-6-13(14)12-18-24-19(25-28-18)16-9-5-11-27-16/h1-11H,12H2,(H,22,26). The Hall–Kier alpha value is -3.78. The van der Waals surface area contributed by atoms with E-state index in [9.17, 15) is 4.79 Å². The van der Waals surface area contributed by atoms with Crippen LogP contribution in [0.3, 0.4) is 0 Å². The fraction of sp³-hybridized carbons (Fsp3) is 0.0476. The smallest absolute Gasteiger partial charge is 0.284 e. The number of nitrogens with zero attached hydrogens (tertiary/aromatic N) is 3. The summed E-state index contributed by atoms with van der Waals surface area (Å²) in [7, 11) is 0. The summed E-state index contributed by atoms with van der Waals surface area (Å²) in [5.41, 5.74) is 2.35. The molecule has 0 radical (unpaired) electrons. The van der Waals surface area contributed by atoms with Gasteiger partial charge in [-0.05, 0) is 35.9 Å². The lowest BCUT2D eigenvalue weighted by Crippen LogP contribution is -2.13. The number of hydrogen-bond acceptors (Lipinski definition) is 7. The molecular formula is C21H14N4O3S. The average Bonchev–Trinajstić information content (AvgIpc) is 3.49. The number of furan rings is 1. The van der Waals surface area contributed by atoms with E-state index in [2.05, 4.69) is 20.4 Å². The first-order valence-electron chi connectivity index (χ1n) is 8.87. The van der Waals surface area contributed by atoms with E-state index in [4.69, 9.17) is 8.94 Å². The van der Waals surface area contributed by atoms with Crippen LogP contribution in [0.1, 0.15) is 21.3 Å². The number of nitrogens with one attached hydrogen (secondary N) is 1. The predicted molar refractivity (Wildman–Crippen MR) is 109 cm³/mol. The number of benzene rings is 2. The molecule has 29 heavy (non-hydrogen) atoms. The molecule has 0 saturated heterocycles. The molecule has 142 valence electrons. The summed E-state index contributed by atoms with van der Waals surface area (Å²) in [5.74, 6) is 1.11. The number of anilines is 1. The second-order valence-corrected chi connectivity index (χ2v) is 7.29. The van der Waals surface area contributed by atoms with Crippen molar-refractivity contribution in [2.45, 2.75) is 6.42 Å². The predicted octanol–water partition coefficient (Wildman–Crippen LogP) is 4.78. The van der Waals surface area contributed by atoms with Gasteiger partial charge in [0.25, 0.3) is 5.91 Å². The highest BCUT2D eigenvalue weighted by Gasteiger charge is 2.16. The number of amides is 1. The van der Waals surface area contributed by atoms with Crippen molar-refractivity contribution in [2.24, 2.45) is 0 Å². The Morgan fingerprint density at radius 3 is 2.72 bits per heavy atom. The Balaban J connectivity index is 1.37. The third kappa shape index (κ3) is 3.53. The van der Waals surface area contributed by atoms with Crippen molar-refractivity contribution in [1.82, 2.24) is 15.1 Å². The molecule has 0 atom stereocenters. The van der Waals surface area contributed by atoms with E-state index < -0.39 is 0 Å². The van der Waals surface area contributed by atoms with Gasteiger partial charge in [-0.2, -0.15) is 4.98 Å². The summed E-state index contributed by atoms with van der Waals surface area (Å²) in [5, 5.41) is 7.30. The molecule has 5 rings (SSSR count). The molecule has 1 amide bonds. The van der Waals surface area contributed by atoms with Gasteiger partial charge in [0, 0.05) is 5.69 Å². The van der Waals surface area contributed by atoms with Crippen LogP contribution in [0.2, 0.25) is 0 Å². The lowest BCUT2D eigenvalue weighted by molar-refractivity contribution is 0.102. The van der Waals surface area contributed by atoms with E-state index in [0.29, 0.717) is 34.6 Å². The second-order valence-electron chi connectivity index (χ2n) is 6.26. The summed E-state index contributed by atoms with van der Waals surface area (Å²) in [6.07, 6.45) is 1.93. The topological polar surface area (TPSA) is 94.1 Å². The number of rotatable bonds is 5. The Morgan fingerprint density at radius 2 is 1.86 bits per heavy atom. The average molecular weight is 402 g/mol. The van der Waals surface area contributed by atoms with Crippen LogP contribution >= 0.6 is 11.3 Å². The van der Waals surface area contributed by atoms with Gasteiger partial charge < -0.3 is 14.3 Å². The molecular weight excluding hydrogens is 388 g/mol. The summed E-state index contributed by atoms with van der Waals surface area (Å²) in [6.45, 7) is 0. The minimum atomic E-state index is -0.250. The van der Waals surface area contributed by atoms with Crippen LogP contribution in [0.15, 0.2) is 75.9 Å². The van der Waals surface area contributed by atoms with E-state index >= 15 is 0 Å². The van der Waals surface area contributed by atoms with Crippen LogP contribution in [-0.2, 0) is 6.42 Å². The summed E-state index contributed by atoms with van der Waals surface area (Å²) < 4.78 is 11.6. The minimum Gasteiger partial charge on any atom is -0.461 e. The fourth-order valence-electron chi connectivity index (χ4n) is 2.94. The lowest BCUT2D eigenvalue weighted by atomic mass is 10.1. The number of carbonyl (C=O) groups excluding carboxylic acids is 1. The second kappa shape index (κ2) is 7.33. The van der Waals surface area contributed by atoms with Crippen LogP contribution in [0.25, 0.3) is 21.8 Å². The van der Waals surface area contributed by atoms with Gasteiger partial charge in [-0.15, -0.1) is 11.3 Å². The van der Waals surface area contributed by atoms with Crippen LogP contribution in [0.4, 0.5) is 5.69 Å². The molecule has 0 aliphatic carbocycles. The third-order valence-electron chi connectivity index (χ3n) is 4.31. The number of thiazole rings is 1. The van der Waals surface area contributed by atoms with E-state index in [0.717, 1.165) is 15.8 Å². The molecule has 5 aromatic rings. The van der Waals surface area contributed by atoms with Crippen molar-refractivity contribution in [3.05, 3.63) is 83.4 Å². The lowest BCUT2D eigenvalue weighted by Gasteiger charge is -2.08. The highest BCUT2D eigenvalue weighted by molar-refractivity contribution is 7.20. The van der Waals surface area contributed by atoms with E-state index in [1.807, 2.05) is 48.5 Å². The molecule has 2 aromatic carbocycles. The van der Waals surface area contributed by atoms with Gasteiger partial charge in [0.15, 0.2) is 10.8 Å². The molecule has 0 saturated carbocycles. The quantitative estimate of drug-likeness (QED) is 0.455. The molecule has 0 unspecified atom stereocenters. The zero-order valence-corrected chi connectivity index (χ0v) is 15.8. The summed E-state index contributed by atoms with van der Waals surface area (Å²) >= 11 is 1.36. The highest BCUT2D eigenvalue weighted by atomic mass is 32.1. The highest BCUT2D eigenvalue weighted by Crippen LogP contribution is 2.25. The van der Waals surface area contributed by atoms with Crippen molar-refractivity contribution in [3.8, 4) is 11.6 Å². The van der Waals surface area contributed by atoms with Gasteiger partial charge in [-0.1, -0.05) is 35.5 Å². The molecule has 1 N–H and O–H groups in total. The van der Waals surface area contributed by atoms with Gasteiger partial charge in [0.05, 0.1) is 22.9 Å². The van der Waals surface area contributed by atoms with Crippen molar-refractivity contribution < 1.29 is 13.7 Å². The maximum Gasteiger partial charge on any atom is 0.284 e.